The van der Waals surface area contributed by atoms with Crippen LogP contribution in [0.15, 0.2) is 346 Å². The number of anilines is 5. The van der Waals surface area contributed by atoms with Gasteiger partial charge in [-0.15, -0.1) is 0 Å². The predicted octanol–water partition coefficient (Wildman–Crippen LogP) is 22.9. The van der Waals surface area contributed by atoms with E-state index >= 15 is 0 Å². The lowest BCUT2D eigenvalue weighted by Crippen LogP contribution is -2.29. The second-order valence-corrected chi connectivity index (χ2v) is 24.3. The standard InChI is InChI=1S/C88H66N2/c1-4-61-39-45-68(46-40-61)87(66-27-9-6-7-10-28-66)81-35-19-18-34-78(81)80-56-53-73(59-84(80)87)90(86-38-22-26-64-24-14-16-32-76(64)86)71-51-54-74(60(3)57-71)65-43-49-70(50-44-65)89(85-37-21-25-63-23-13-15-31-75(63)85)72-52-55-79-77-33-17-20-36-82(77)88(83(79)58-72,67-29-11-8-12-30-67)69-47-41-62(5-2)42-48-69/h4-9,11-60,74H,1-2,10H2,3H3. The van der Waals surface area contributed by atoms with Gasteiger partial charge in [-0.1, -0.05) is 299 Å². The van der Waals surface area contributed by atoms with Crippen molar-refractivity contribution in [3.8, 4) is 22.3 Å². The topological polar surface area (TPSA) is 6.48 Å². The minimum Gasteiger partial charge on any atom is -0.310 e. The van der Waals surface area contributed by atoms with E-state index in [4.69, 9.17) is 0 Å². The third kappa shape index (κ3) is 8.62. The maximum absolute atomic E-state index is 4.13. The summed E-state index contributed by atoms with van der Waals surface area (Å²) in [6.45, 7) is 10.6. The van der Waals surface area contributed by atoms with Crippen molar-refractivity contribution in [2.24, 2.45) is 5.92 Å². The Morgan fingerprint density at radius 2 is 0.900 bits per heavy atom. The number of hydrogen-bond acceptors (Lipinski definition) is 2. The van der Waals surface area contributed by atoms with E-state index < -0.39 is 10.8 Å². The molecule has 0 spiro atoms. The first kappa shape index (κ1) is 54.3. The van der Waals surface area contributed by atoms with E-state index in [2.05, 4.69) is 351 Å². The molecule has 0 radical (unpaired) electrons. The molecule has 428 valence electrons. The average Bonchev–Trinajstić information content (AvgIpc) is 1.54. The summed E-state index contributed by atoms with van der Waals surface area (Å²) in [5, 5.41) is 4.79. The van der Waals surface area contributed by atoms with Crippen molar-refractivity contribution in [2.75, 3.05) is 9.80 Å². The highest BCUT2D eigenvalue weighted by Gasteiger charge is 2.48. The molecule has 2 nitrogen and oxygen atoms in total. The summed E-state index contributed by atoms with van der Waals surface area (Å²) in [7, 11) is 0. The van der Waals surface area contributed by atoms with E-state index in [1.54, 1.807) is 0 Å². The molecule has 4 aliphatic carbocycles. The van der Waals surface area contributed by atoms with E-state index in [1.807, 2.05) is 12.2 Å². The molecule has 16 rings (SSSR count). The average molecular weight is 1150 g/mol. The van der Waals surface area contributed by atoms with Gasteiger partial charge >= 0.3 is 0 Å². The third-order valence-electron chi connectivity index (χ3n) is 19.7. The van der Waals surface area contributed by atoms with Gasteiger partial charge in [0, 0.05) is 39.4 Å². The Bertz CT molecular complexity index is 4970. The van der Waals surface area contributed by atoms with E-state index in [0.717, 1.165) is 51.7 Å². The zero-order chi connectivity index (χ0) is 60.3. The molecule has 4 atom stereocenters. The summed E-state index contributed by atoms with van der Waals surface area (Å²) >= 11 is 0. The third-order valence-corrected chi connectivity index (χ3v) is 19.7. The van der Waals surface area contributed by atoms with Crippen LogP contribution in [0.25, 0.3) is 56.0 Å². The molecule has 0 aliphatic heterocycles. The molecule has 4 unspecified atom stereocenters. The molecule has 0 N–H and O–H groups in total. The number of rotatable bonds is 13. The second kappa shape index (κ2) is 22.3. The van der Waals surface area contributed by atoms with Gasteiger partial charge in [0.15, 0.2) is 0 Å². The van der Waals surface area contributed by atoms with Crippen LogP contribution in [0.3, 0.4) is 0 Å². The Morgan fingerprint density at radius 3 is 1.51 bits per heavy atom. The molecule has 4 aliphatic rings. The van der Waals surface area contributed by atoms with Crippen LogP contribution in [0.4, 0.5) is 28.4 Å². The van der Waals surface area contributed by atoms with Gasteiger partial charge in [0.25, 0.3) is 0 Å². The Hall–Kier alpha value is -11.1. The van der Waals surface area contributed by atoms with Gasteiger partial charge in [-0.3, -0.25) is 0 Å². The summed E-state index contributed by atoms with van der Waals surface area (Å²) < 4.78 is 0. The summed E-state index contributed by atoms with van der Waals surface area (Å²) in [5.74, 6) is 0.284. The zero-order valence-corrected chi connectivity index (χ0v) is 50.4. The highest BCUT2D eigenvalue weighted by molar-refractivity contribution is 6.01. The summed E-state index contributed by atoms with van der Waals surface area (Å²) in [4.78, 5) is 4.99. The lowest BCUT2D eigenvalue weighted by molar-refractivity contribution is 0.628. The molecule has 0 saturated carbocycles. The van der Waals surface area contributed by atoms with Crippen LogP contribution in [0.2, 0.25) is 0 Å². The summed E-state index contributed by atoms with van der Waals surface area (Å²) in [6, 6.07) is 102. The lowest BCUT2D eigenvalue weighted by atomic mass is 9.66. The number of nitrogens with zero attached hydrogens (tertiary/aromatic N) is 2. The molecule has 2 heteroatoms. The van der Waals surface area contributed by atoms with Crippen LogP contribution in [0, 0.1) is 5.92 Å². The zero-order valence-electron chi connectivity index (χ0n) is 50.4. The van der Waals surface area contributed by atoms with Gasteiger partial charge in [-0.25, -0.2) is 0 Å². The largest absolute Gasteiger partial charge is 0.310 e. The Balaban J connectivity index is 0.809. The van der Waals surface area contributed by atoms with Crippen LogP contribution in [-0.4, -0.2) is 0 Å². The van der Waals surface area contributed by atoms with Crippen LogP contribution >= 0.6 is 0 Å². The van der Waals surface area contributed by atoms with E-state index in [9.17, 15) is 0 Å². The van der Waals surface area contributed by atoms with E-state index in [-0.39, 0.29) is 11.8 Å². The fourth-order valence-electron chi connectivity index (χ4n) is 15.6. The number of allylic oxidation sites excluding steroid dienone is 9. The van der Waals surface area contributed by atoms with Crippen molar-refractivity contribution in [2.45, 2.75) is 30.1 Å². The van der Waals surface area contributed by atoms with E-state index in [0.29, 0.717) is 0 Å². The molecule has 0 aromatic heterocycles. The van der Waals surface area contributed by atoms with Crippen molar-refractivity contribution < 1.29 is 0 Å². The molecule has 12 aromatic carbocycles. The highest BCUT2D eigenvalue weighted by atomic mass is 15.2. The maximum Gasteiger partial charge on any atom is 0.0714 e. The first-order valence-electron chi connectivity index (χ1n) is 31.6. The Labute approximate surface area is 528 Å². The SMILES string of the molecule is C=Cc1ccc(C2(C3=CCC=CC=C3)c3ccccc3-c3ccc(N(C4=CC(C)C(c5ccc(N(c6ccc7c(c6)C(c6ccccc6)(c6ccc(C=C)cc6)c6ccccc6-7)c6cccc7ccccc67)cc5)C=C4)c4cccc5ccccc45)cc32)cc1. The van der Waals surface area contributed by atoms with Crippen LogP contribution < -0.4 is 9.80 Å². The number of fused-ring (bicyclic) bond motifs is 8. The molecular weight excluding hydrogens is 1080 g/mol. The molecule has 0 saturated heterocycles. The maximum atomic E-state index is 4.13. The first-order chi connectivity index (χ1) is 44.4. The van der Waals surface area contributed by atoms with Crippen molar-refractivity contribution in [3.05, 3.63) is 402 Å². The van der Waals surface area contributed by atoms with Gasteiger partial charge in [0.05, 0.1) is 22.2 Å². The summed E-state index contributed by atoms with van der Waals surface area (Å²) in [6.07, 6.45) is 23.4. The molecule has 12 aromatic rings. The van der Waals surface area contributed by atoms with Crippen LogP contribution in [0.5, 0.6) is 0 Å². The van der Waals surface area contributed by atoms with Gasteiger partial charge in [0.1, 0.15) is 0 Å². The normalized spacial score (nSPS) is 18.4. The Morgan fingerprint density at radius 1 is 0.411 bits per heavy atom. The lowest BCUT2D eigenvalue weighted by Gasteiger charge is -2.36. The van der Waals surface area contributed by atoms with Gasteiger partial charge in [-0.05, 0) is 161 Å². The van der Waals surface area contributed by atoms with Crippen molar-refractivity contribution >= 4 is 62.1 Å². The molecule has 0 heterocycles. The molecule has 90 heavy (non-hydrogen) atoms. The monoisotopic (exact) mass is 1150 g/mol. The highest BCUT2D eigenvalue weighted by Crippen LogP contribution is 2.60. The first-order valence-corrected chi connectivity index (χ1v) is 31.6. The number of hydrogen-bond donors (Lipinski definition) is 0. The van der Waals surface area contributed by atoms with E-state index in [1.165, 1.54) is 93.9 Å². The van der Waals surface area contributed by atoms with Crippen molar-refractivity contribution in [1.29, 1.82) is 0 Å². The second-order valence-electron chi connectivity index (χ2n) is 24.3. The quantitative estimate of drug-likeness (QED) is 0.114. The van der Waals surface area contributed by atoms with Crippen LogP contribution in [-0.2, 0) is 10.8 Å². The van der Waals surface area contributed by atoms with Crippen LogP contribution in [0.1, 0.15) is 74.9 Å². The van der Waals surface area contributed by atoms with Gasteiger partial charge < -0.3 is 9.80 Å². The fourth-order valence-corrected chi connectivity index (χ4v) is 15.6. The predicted molar refractivity (Wildman–Crippen MR) is 381 cm³/mol. The van der Waals surface area contributed by atoms with Crippen molar-refractivity contribution in [3.63, 3.8) is 0 Å². The molecule has 0 amide bonds. The van der Waals surface area contributed by atoms with Gasteiger partial charge in [-0.2, -0.15) is 0 Å². The molecule has 0 fully saturated rings. The molecular formula is C88H66N2. The smallest absolute Gasteiger partial charge is 0.0714 e. The number of benzene rings is 12. The minimum absolute atomic E-state index is 0.129. The van der Waals surface area contributed by atoms with Crippen molar-refractivity contribution in [1.82, 2.24) is 0 Å². The molecule has 0 bridgehead atoms. The fraction of sp³-hybridized carbons (Fsp3) is 0.0682. The Kier molecular flexibility index (Phi) is 13.4. The minimum atomic E-state index is -0.576. The summed E-state index contributed by atoms with van der Waals surface area (Å²) in [5.41, 5.74) is 24.1. The van der Waals surface area contributed by atoms with Gasteiger partial charge in [0.2, 0.25) is 0 Å².